The lowest BCUT2D eigenvalue weighted by molar-refractivity contribution is 0.915. The predicted molar refractivity (Wildman–Crippen MR) is 84.3 cm³/mol. The fourth-order valence-electron chi connectivity index (χ4n) is 2.13. The SMILES string of the molecule is CN(Cc1cccc(C#N)c1)c1ccc(Cl)cc1CCl. The van der Waals surface area contributed by atoms with E-state index >= 15 is 0 Å². The lowest BCUT2D eigenvalue weighted by atomic mass is 10.1. The minimum absolute atomic E-state index is 0.415. The highest BCUT2D eigenvalue weighted by atomic mass is 35.5. The van der Waals surface area contributed by atoms with E-state index in [-0.39, 0.29) is 0 Å². The van der Waals surface area contributed by atoms with Crippen LogP contribution >= 0.6 is 23.2 Å². The van der Waals surface area contributed by atoms with Crippen LogP contribution in [0, 0.1) is 11.3 Å². The Morgan fingerprint density at radius 1 is 1.20 bits per heavy atom. The Balaban J connectivity index is 2.23. The summed E-state index contributed by atoms with van der Waals surface area (Å²) in [7, 11) is 2.00. The van der Waals surface area contributed by atoms with Crippen molar-refractivity contribution in [2.45, 2.75) is 12.4 Å². The maximum Gasteiger partial charge on any atom is 0.0991 e. The van der Waals surface area contributed by atoms with E-state index in [1.807, 2.05) is 43.4 Å². The molecule has 0 heterocycles. The van der Waals surface area contributed by atoms with Crippen LogP contribution in [0.4, 0.5) is 5.69 Å². The smallest absolute Gasteiger partial charge is 0.0991 e. The molecule has 2 rings (SSSR count). The van der Waals surface area contributed by atoms with Crippen molar-refractivity contribution in [3.05, 3.63) is 64.2 Å². The van der Waals surface area contributed by atoms with Crippen LogP contribution in [-0.2, 0) is 12.4 Å². The fraction of sp³-hybridized carbons (Fsp3) is 0.188. The minimum atomic E-state index is 0.415. The highest BCUT2D eigenvalue weighted by Crippen LogP contribution is 2.26. The maximum absolute atomic E-state index is 8.93. The first-order chi connectivity index (χ1) is 9.63. The lowest BCUT2D eigenvalue weighted by Crippen LogP contribution is -2.17. The molecule has 2 aromatic carbocycles. The summed E-state index contributed by atoms with van der Waals surface area (Å²) < 4.78 is 0. The van der Waals surface area contributed by atoms with Crippen LogP contribution in [0.15, 0.2) is 42.5 Å². The molecule has 20 heavy (non-hydrogen) atoms. The van der Waals surface area contributed by atoms with E-state index in [4.69, 9.17) is 28.5 Å². The topological polar surface area (TPSA) is 27.0 Å². The number of alkyl halides is 1. The van der Waals surface area contributed by atoms with Crippen LogP contribution in [0.2, 0.25) is 5.02 Å². The summed E-state index contributed by atoms with van der Waals surface area (Å²) in [5.41, 5.74) is 3.80. The van der Waals surface area contributed by atoms with Crippen LogP contribution in [-0.4, -0.2) is 7.05 Å². The quantitative estimate of drug-likeness (QED) is 0.773. The Bertz CT molecular complexity index is 647. The van der Waals surface area contributed by atoms with Gasteiger partial charge in [-0.05, 0) is 41.5 Å². The van der Waals surface area contributed by atoms with Gasteiger partial charge in [0.1, 0.15) is 0 Å². The molecule has 0 unspecified atom stereocenters. The van der Waals surface area contributed by atoms with Gasteiger partial charge in [-0.25, -0.2) is 0 Å². The van der Waals surface area contributed by atoms with E-state index in [1.165, 1.54) is 0 Å². The number of halogens is 2. The van der Waals surface area contributed by atoms with Crippen LogP contribution in [0.5, 0.6) is 0 Å². The molecule has 0 aliphatic heterocycles. The standard InChI is InChI=1S/C16H14Cl2N2/c1-20(11-13-4-2-3-12(7-13)10-19)16-6-5-15(18)8-14(16)9-17/h2-8H,9,11H2,1H3. The molecule has 2 nitrogen and oxygen atoms in total. The molecular weight excluding hydrogens is 291 g/mol. The third-order valence-electron chi connectivity index (χ3n) is 3.07. The predicted octanol–water partition coefficient (Wildman–Crippen LogP) is 4.59. The third-order valence-corrected chi connectivity index (χ3v) is 3.60. The van der Waals surface area contributed by atoms with Crippen molar-refractivity contribution in [3.63, 3.8) is 0 Å². The molecule has 0 saturated carbocycles. The molecule has 0 bridgehead atoms. The molecule has 0 spiro atoms. The Kier molecular flexibility index (Phi) is 4.89. The summed E-state index contributed by atoms with van der Waals surface area (Å²) in [6.07, 6.45) is 0. The summed E-state index contributed by atoms with van der Waals surface area (Å²) >= 11 is 12.0. The van der Waals surface area contributed by atoms with Crippen LogP contribution in [0.3, 0.4) is 0 Å². The lowest BCUT2D eigenvalue weighted by Gasteiger charge is -2.22. The number of nitrogens with zero attached hydrogens (tertiary/aromatic N) is 2. The number of nitriles is 1. The van der Waals surface area contributed by atoms with Crippen molar-refractivity contribution in [2.75, 3.05) is 11.9 Å². The molecule has 0 amide bonds. The molecule has 0 N–H and O–H groups in total. The molecule has 0 atom stereocenters. The maximum atomic E-state index is 8.93. The molecule has 0 aliphatic rings. The Labute approximate surface area is 129 Å². The number of benzene rings is 2. The van der Waals surface area contributed by atoms with E-state index in [1.54, 1.807) is 6.07 Å². The van der Waals surface area contributed by atoms with E-state index < -0.39 is 0 Å². The Morgan fingerprint density at radius 3 is 2.70 bits per heavy atom. The van der Waals surface area contributed by atoms with Gasteiger partial charge in [0.05, 0.1) is 11.6 Å². The summed E-state index contributed by atoms with van der Waals surface area (Å²) in [5, 5.41) is 9.61. The van der Waals surface area contributed by atoms with Crippen LogP contribution in [0.1, 0.15) is 16.7 Å². The highest BCUT2D eigenvalue weighted by Gasteiger charge is 2.08. The second-order valence-electron chi connectivity index (χ2n) is 4.57. The zero-order chi connectivity index (χ0) is 14.5. The third kappa shape index (κ3) is 3.45. The molecule has 0 radical (unpaired) electrons. The van der Waals surface area contributed by atoms with Crippen molar-refractivity contribution < 1.29 is 0 Å². The van der Waals surface area contributed by atoms with Gasteiger partial charge in [-0.15, -0.1) is 11.6 Å². The van der Waals surface area contributed by atoms with E-state index in [9.17, 15) is 0 Å². The highest BCUT2D eigenvalue weighted by molar-refractivity contribution is 6.30. The molecule has 0 aliphatic carbocycles. The van der Waals surface area contributed by atoms with Gasteiger partial charge in [-0.3, -0.25) is 0 Å². The average Bonchev–Trinajstić information content (AvgIpc) is 2.47. The molecule has 4 heteroatoms. The van der Waals surface area contributed by atoms with E-state index in [0.717, 1.165) is 16.8 Å². The number of anilines is 1. The normalized spacial score (nSPS) is 10.1. The number of hydrogen-bond acceptors (Lipinski definition) is 2. The second-order valence-corrected chi connectivity index (χ2v) is 5.28. The van der Waals surface area contributed by atoms with Crippen LogP contribution in [0.25, 0.3) is 0 Å². The van der Waals surface area contributed by atoms with Gasteiger partial charge in [0.2, 0.25) is 0 Å². The summed E-state index contributed by atoms with van der Waals surface area (Å²) in [5.74, 6) is 0.415. The van der Waals surface area contributed by atoms with Crippen molar-refractivity contribution >= 4 is 28.9 Å². The van der Waals surface area contributed by atoms with Crippen molar-refractivity contribution in [3.8, 4) is 6.07 Å². The molecule has 0 fully saturated rings. The van der Waals surface area contributed by atoms with E-state index in [0.29, 0.717) is 23.0 Å². The van der Waals surface area contributed by atoms with Gasteiger partial charge in [0.15, 0.2) is 0 Å². The zero-order valence-corrected chi connectivity index (χ0v) is 12.6. The molecular formula is C16H14Cl2N2. The van der Waals surface area contributed by atoms with Crippen molar-refractivity contribution in [1.29, 1.82) is 5.26 Å². The van der Waals surface area contributed by atoms with Gasteiger partial charge in [-0.2, -0.15) is 5.26 Å². The molecule has 0 aromatic heterocycles. The molecule has 0 saturated heterocycles. The first kappa shape index (κ1) is 14.7. The number of rotatable bonds is 4. The van der Waals surface area contributed by atoms with Crippen LogP contribution < -0.4 is 4.90 Å². The molecule has 102 valence electrons. The van der Waals surface area contributed by atoms with Gasteiger partial charge in [-0.1, -0.05) is 23.7 Å². The van der Waals surface area contributed by atoms with Gasteiger partial charge in [0, 0.05) is 30.2 Å². The number of hydrogen-bond donors (Lipinski definition) is 0. The van der Waals surface area contributed by atoms with Crippen molar-refractivity contribution in [1.82, 2.24) is 0 Å². The van der Waals surface area contributed by atoms with Gasteiger partial charge < -0.3 is 4.90 Å². The average molecular weight is 305 g/mol. The first-order valence-electron chi connectivity index (χ1n) is 6.18. The second kappa shape index (κ2) is 6.65. The van der Waals surface area contributed by atoms with Crippen molar-refractivity contribution in [2.24, 2.45) is 0 Å². The first-order valence-corrected chi connectivity index (χ1v) is 7.10. The van der Waals surface area contributed by atoms with E-state index in [2.05, 4.69) is 11.0 Å². The summed E-state index contributed by atoms with van der Waals surface area (Å²) in [4.78, 5) is 2.10. The Morgan fingerprint density at radius 2 is 2.00 bits per heavy atom. The largest absolute Gasteiger partial charge is 0.370 e. The zero-order valence-electron chi connectivity index (χ0n) is 11.1. The Hall–Kier alpha value is -1.69. The molecule has 2 aromatic rings. The minimum Gasteiger partial charge on any atom is -0.370 e. The monoisotopic (exact) mass is 304 g/mol. The van der Waals surface area contributed by atoms with Gasteiger partial charge in [0.25, 0.3) is 0 Å². The van der Waals surface area contributed by atoms with Gasteiger partial charge >= 0.3 is 0 Å². The summed E-state index contributed by atoms with van der Waals surface area (Å²) in [6, 6.07) is 15.5. The summed E-state index contributed by atoms with van der Waals surface area (Å²) in [6.45, 7) is 0.709. The fourth-order valence-corrected chi connectivity index (χ4v) is 2.54.